The van der Waals surface area contributed by atoms with Crippen molar-refractivity contribution in [3.63, 3.8) is 0 Å². The first-order chi connectivity index (χ1) is 8.49. The van der Waals surface area contributed by atoms with Crippen molar-refractivity contribution in [1.29, 1.82) is 0 Å². The van der Waals surface area contributed by atoms with Crippen LogP contribution < -0.4 is 11.1 Å². The van der Waals surface area contributed by atoms with E-state index >= 15 is 0 Å². The van der Waals surface area contributed by atoms with E-state index in [-0.39, 0.29) is 5.91 Å². The van der Waals surface area contributed by atoms with Gasteiger partial charge in [0.25, 0.3) is 0 Å². The number of nitrogens with one attached hydrogen (secondary N) is 1. The van der Waals surface area contributed by atoms with Crippen molar-refractivity contribution in [3.05, 3.63) is 48.0 Å². The van der Waals surface area contributed by atoms with E-state index in [1.807, 2.05) is 12.1 Å². The number of hydrogen-bond acceptors (Lipinski definition) is 2. The zero-order valence-electron chi connectivity index (χ0n) is 10.7. The molecule has 1 amide bonds. The SMILES string of the molecule is CC(C)(NCc1ccc2ccccc2c1)C(N)=O. The third kappa shape index (κ3) is 2.68. The molecular formula is C15H18N2O. The minimum Gasteiger partial charge on any atom is -0.368 e. The largest absolute Gasteiger partial charge is 0.368 e. The quantitative estimate of drug-likeness (QED) is 0.863. The smallest absolute Gasteiger partial charge is 0.237 e. The van der Waals surface area contributed by atoms with Crippen LogP contribution in [0.25, 0.3) is 10.8 Å². The van der Waals surface area contributed by atoms with Gasteiger partial charge in [-0.15, -0.1) is 0 Å². The molecule has 3 N–H and O–H groups in total. The van der Waals surface area contributed by atoms with E-state index < -0.39 is 5.54 Å². The Balaban J connectivity index is 2.15. The molecule has 0 saturated heterocycles. The lowest BCUT2D eigenvalue weighted by Crippen LogP contribution is -2.50. The molecule has 0 spiro atoms. The second-order valence-corrected chi connectivity index (χ2v) is 5.02. The molecule has 0 saturated carbocycles. The first-order valence-corrected chi connectivity index (χ1v) is 6.02. The third-order valence-electron chi connectivity index (χ3n) is 3.16. The second-order valence-electron chi connectivity index (χ2n) is 5.02. The Morgan fingerprint density at radius 1 is 1.17 bits per heavy atom. The van der Waals surface area contributed by atoms with Crippen molar-refractivity contribution in [2.24, 2.45) is 5.73 Å². The maximum absolute atomic E-state index is 11.2. The zero-order valence-corrected chi connectivity index (χ0v) is 10.7. The van der Waals surface area contributed by atoms with Crippen LogP contribution >= 0.6 is 0 Å². The molecule has 2 aromatic rings. The van der Waals surface area contributed by atoms with Gasteiger partial charge in [-0.25, -0.2) is 0 Å². The second kappa shape index (κ2) is 4.78. The van der Waals surface area contributed by atoms with Crippen molar-refractivity contribution >= 4 is 16.7 Å². The summed E-state index contributed by atoms with van der Waals surface area (Å²) in [4.78, 5) is 11.2. The average Bonchev–Trinajstić information content (AvgIpc) is 2.36. The highest BCUT2D eigenvalue weighted by Crippen LogP contribution is 2.16. The molecular weight excluding hydrogens is 224 g/mol. The number of hydrogen-bond donors (Lipinski definition) is 2. The van der Waals surface area contributed by atoms with Gasteiger partial charge in [0.2, 0.25) is 5.91 Å². The average molecular weight is 242 g/mol. The molecule has 18 heavy (non-hydrogen) atoms. The molecule has 0 unspecified atom stereocenters. The minimum atomic E-state index is -0.689. The molecule has 94 valence electrons. The van der Waals surface area contributed by atoms with E-state index in [0.29, 0.717) is 6.54 Å². The minimum absolute atomic E-state index is 0.344. The molecule has 2 rings (SSSR count). The lowest BCUT2D eigenvalue weighted by molar-refractivity contribution is -0.123. The van der Waals surface area contributed by atoms with Crippen LogP contribution in [0.4, 0.5) is 0 Å². The first-order valence-electron chi connectivity index (χ1n) is 6.02. The van der Waals surface area contributed by atoms with Crippen LogP contribution in [-0.2, 0) is 11.3 Å². The molecule has 0 aliphatic carbocycles. The van der Waals surface area contributed by atoms with E-state index in [1.54, 1.807) is 13.8 Å². The van der Waals surface area contributed by atoms with Gasteiger partial charge in [-0.05, 0) is 36.2 Å². The van der Waals surface area contributed by atoms with Crippen molar-refractivity contribution in [2.75, 3.05) is 0 Å². The Morgan fingerprint density at radius 2 is 1.83 bits per heavy atom. The summed E-state index contributed by atoms with van der Waals surface area (Å²) < 4.78 is 0. The topological polar surface area (TPSA) is 55.1 Å². The van der Waals surface area contributed by atoms with Gasteiger partial charge >= 0.3 is 0 Å². The van der Waals surface area contributed by atoms with Crippen LogP contribution in [0.2, 0.25) is 0 Å². The van der Waals surface area contributed by atoms with E-state index in [1.165, 1.54) is 10.8 Å². The highest BCUT2D eigenvalue weighted by Gasteiger charge is 2.23. The van der Waals surface area contributed by atoms with E-state index in [9.17, 15) is 4.79 Å². The molecule has 2 aromatic carbocycles. The number of carbonyl (C=O) groups is 1. The Kier molecular flexibility index (Phi) is 3.34. The summed E-state index contributed by atoms with van der Waals surface area (Å²) in [5.74, 6) is -0.344. The number of primary amides is 1. The summed E-state index contributed by atoms with van der Waals surface area (Å²) in [5, 5.41) is 5.59. The van der Waals surface area contributed by atoms with Crippen LogP contribution in [0, 0.1) is 0 Å². The lowest BCUT2D eigenvalue weighted by atomic mass is 10.0. The van der Waals surface area contributed by atoms with Crippen molar-refractivity contribution in [1.82, 2.24) is 5.32 Å². The van der Waals surface area contributed by atoms with Crippen LogP contribution in [0.3, 0.4) is 0 Å². The summed E-state index contributed by atoms with van der Waals surface area (Å²) in [6, 6.07) is 14.5. The molecule has 0 fully saturated rings. The Labute approximate surface area is 107 Å². The fourth-order valence-electron chi connectivity index (χ4n) is 1.76. The Bertz CT molecular complexity index is 575. The predicted octanol–water partition coefficient (Wildman–Crippen LogP) is 2.19. The molecule has 0 heterocycles. The molecule has 0 bridgehead atoms. The fraction of sp³-hybridized carbons (Fsp3) is 0.267. The van der Waals surface area contributed by atoms with E-state index in [4.69, 9.17) is 5.73 Å². The number of carbonyl (C=O) groups excluding carboxylic acids is 1. The number of rotatable bonds is 4. The van der Waals surface area contributed by atoms with Gasteiger partial charge in [0.1, 0.15) is 0 Å². The molecule has 0 radical (unpaired) electrons. The number of benzene rings is 2. The molecule has 3 heteroatoms. The van der Waals surface area contributed by atoms with Gasteiger partial charge in [-0.3, -0.25) is 10.1 Å². The first kappa shape index (κ1) is 12.6. The van der Waals surface area contributed by atoms with Crippen molar-refractivity contribution < 1.29 is 4.79 Å². The van der Waals surface area contributed by atoms with Crippen LogP contribution in [0.5, 0.6) is 0 Å². The Hall–Kier alpha value is -1.87. The zero-order chi connectivity index (χ0) is 13.2. The molecule has 3 nitrogen and oxygen atoms in total. The summed E-state index contributed by atoms with van der Waals surface area (Å²) in [5.41, 5.74) is 5.78. The normalized spacial score (nSPS) is 11.7. The van der Waals surface area contributed by atoms with Gasteiger partial charge in [0.05, 0.1) is 5.54 Å². The third-order valence-corrected chi connectivity index (χ3v) is 3.16. The highest BCUT2D eigenvalue weighted by atomic mass is 16.1. The number of fused-ring (bicyclic) bond motifs is 1. The summed E-state index contributed by atoms with van der Waals surface area (Å²) >= 11 is 0. The highest BCUT2D eigenvalue weighted by molar-refractivity contribution is 5.84. The lowest BCUT2D eigenvalue weighted by Gasteiger charge is -2.22. The van der Waals surface area contributed by atoms with Crippen LogP contribution in [0.1, 0.15) is 19.4 Å². The molecule has 0 aromatic heterocycles. The predicted molar refractivity (Wildman–Crippen MR) is 74.1 cm³/mol. The molecule has 0 atom stereocenters. The van der Waals surface area contributed by atoms with Gasteiger partial charge in [-0.1, -0.05) is 36.4 Å². The van der Waals surface area contributed by atoms with E-state index in [2.05, 4.69) is 35.6 Å². The monoisotopic (exact) mass is 242 g/mol. The van der Waals surface area contributed by atoms with Crippen LogP contribution in [-0.4, -0.2) is 11.4 Å². The Morgan fingerprint density at radius 3 is 2.50 bits per heavy atom. The fourth-order valence-corrected chi connectivity index (χ4v) is 1.76. The maximum atomic E-state index is 11.2. The maximum Gasteiger partial charge on any atom is 0.237 e. The summed E-state index contributed by atoms with van der Waals surface area (Å²) in [6.07, 6.45) is 0. The summed E-state index contributed by atoms with van der Waals surface area (Å²) in [7, 11) is 0. The summed E-state index contributed by atoms with van der Waals surface area (Å²) in [6.45, 7) is 4.20. The molecule has 0 aliphatic heterocycles. The van der Waals surface area contributed by atoms with Crippen molar-refractivity contribution in [2.45, 2.75) is 25.9 Å². The van der Waals surface area contributed by atoms with Gasteiger partial charge in [0, 0.05) is 6.54 Å². The number of amides is 1. The number of nitrogens with two attached hydrogens (primary N) is 1. The standard InChI is InChI=1S/C15H18N2O/c1-15(2,14(16)18)17-10-11-7-8-12-5-3-4-6-13(12)9-11/h3-9,17H,10H2,1-2H3,(H2,16,18). The van der Waals surface area contributed by atoms with Gasteiger partial charge in [-0.2, -0.15) is 0 Å². The molecule has 0 aliphatic rings. The van der Waals surface area contributed by atoms with Gasteiger partial charge < -0.3 is 5.73 Å². The van der Waals surface area contributed by atoms with Crippen LogP contribution in [0.15, 0.2) is 42.5 Å². The van der Waals surface area contributed by atoms with E-state index in [0.717, 1.165) is 5.56 Å². The van der Waals surface area contributed by atoms with Gasteiger partial charge in [0.15, 0.2) is 0 Å². The van der Waals surface area contributed by atoms with Crippen molar-refractivity contribution in [3.8, 4) is 0 Å².